The summed E-state index contributed by atoms with van der Waals surface area (Å²) in [6, 6.07) is 34.8. The van der Waals surface area contributed by atoms with Crippen LogP contribution < -0.4 is 9.47 Å². The molecule has 8 heteroatoms. The zero-order chi connectivity index (χ0) is 39.6. The van der Waals surface area contributed by atoms with Gasteiger partial charge in [0.1, 0.15) is 23.1 Å². The summed E-state index contributed by atoms with van der Waals surface area (Å²) in [6.45, 7) is 19.8. The van der Waals surface area contributed by atoms with Crippen LogP contribution in [0, 0.1) is 0 Å². The number of fused-ring (bicyclic) bond motifs is 8. The Morgan fingerprint density at radius 2 is 0.593 bits per heavy atom. The predicted octanol–water partition coefficient (Wildman–Crippen LogP) is 9.88. The number of aromatic nitrogens is 4. The van der Waals surface area contributed by atoms with Crippen LogP contribution in [0.4, 0.5) is 0 Å². The fourth-order valence-corrected chi connectivity index (χ4v) is 7.26. The first-order valence-electron chi connectivity index (χ1n) is 18.4. The molecule has 0 fully saturated rings. The van der Waals surface area contributed by atoms with Gasteiger partial charge in [0.25, 0.3) is 0 Å². The molecular formula is C46H56N4O4. The van der Waals surface area contributed by atoms with Gasteiger partial charge >= 0.3 is 0 Å². The molecule has 8 nitrogen and oxygen atoms in total. The zero-order valence-corrected chi connectivity index (χ0v) is 33.9. The van der Waals surface area contributed by atoms with Crippen LogP contribution in [0.1, 0.15) is 126 Å². The maximum atomic E-state index is 9.44. The van der Waals surface area contributed by atoms with E-state index >= 15 is 0 Å². The molecule has 1 aliphatic rings. The van der Waals surface area contributed by atoms with Gasteiger partial charge in [-0.1, -0.05) is 24.3 Å². The number of benzene rings is 2. The molecule has 0 unspecified atom stereocenters. The van der Waals surface area contributed by atoms with Crippen molar-refractivity contribution in [2.24, 2.45) is 0 Å². The van der Waals surface area contributed by atoms with Gasteiger partial charge in [-0.3, -0.25) is 0 Å². The molecule has 4 N–H and O–H groups in total. The molecule has 5 heterocycles. The SMILES string of the molecule is CC(C)=O.CC(C)=O.COc1ccc(C2(C)c3ccc([nH]3)C(C)(C)c3ccc([nH]3)C(C)(c3ccc(OC)cc3)c3ccc([nH]3)C(C)(C)c3ccc2[nH]3)cc1. The van der Waals surface area contributed by atoms with Crippen LogP contribution in [0.2, 0.25) is 0 Å². The van der Waals surface area contributed by atoms with Gasteiger partial charge in [-0.05, 0) is 153 Å². The quantitative estimate of drug-likeness (QED) is 0.145. The van der Waals surface area contributed by atoms with Gasteiger partial charge in [-0.2, -0.15) is 0 Å². The highest BCUT2D eigenvalue weighted by Gasteiger charge is 2.40. The van der Waals surface area contributed by atoms with Crippen LogP contribution in [0.3, 0.4) is 0 Å². The van der Waals surface area contributed by atoms with E-state index in [0.29, 0.717) is 0 Å². The lowest BCUT2D eigenvalue weighted by atomic mass is 9.76. The second kappa shape index (κ2) is 15.1. The van der Waals surface area contributed by atoms with Crippen LogP contribution in [0.5, 0.6) is 11.5 Å². The Hall–Kier alpha value is -5.50. The van der Waals surface area contributed by atoms with Crippen LogP contribution in [0.15, 0.2) is 97.1 Å². The molecule has 0 saturated carbocycles. The summed E-state index contributed by atoms with van der Waals surface area (Å²) >= 11 is 0. The highest BCUT2D eigenvalue weighted by atomic mass is 16.5. The molecule has 284 valence electrons. The van der Waals surface area contributed by atoms with Crippen molar-refractivity contribution < 1.29 is 19.1 Å². The van der Waals surface area contributed by atoms with Crippen LogP contribution >= 0.6 is 0 Å². The van der Waals surface area contributed by atoms with Gasteiger partial charge in [-0.25, -0.2) is 0 Å². The molecule has 0 amide bonds. The summed E-state index contributed by atoms with van der Waals surface area (Å²) in [5.41, 5.74) is 9.81. The molecule has 8 bridgehead atoms. The summed E-state index contributed by atoms with van der Waals surface area (Å²) < 4.78 is 11.0. The Bertz CT molecular complexity index is 1950. The number of H-pyrrole nitrogens is 4. The van der Waals surface area contributed by atoms with Crippen molar-refractivity contribution in [2.45, 2.75) is 90.9 Å². The highest BCUT2D eigenvalue weighted by molar-refractivity contribution is 5.72. The minimum atomic E-state index is -0.471. The number of rotatable bonds is 4. The summed E-state index contributed by atoms with van der Waals surface area (Å²) in [7, 11) is 3.42. The summed E-state index contributed by atoms with van der Waals surface area (Å²) in [4.78, 5) is 34.5. The lowest BCUT2D eigenvalue weighted by Crippen LogP contribution is -2.29. The lowest BCUT2D eigenvalue weighted by Gasteiger charge is -2.32. The average molecular weight is 729 g/mol. The highest BCUT2D eigenvalue weighted by Crippen LogP contribution is 2.45. The average Bonchev–Trinajstić information content (AvgIpc) is 3.97. The van der Waals surface area contributed by atoms with Gasteiger partial charge in [0.05, 0.1) is 25.0 Å². The van der Waals surface area contributed by atoms with E-state index in [1.165, 1.54) is 38.8 Å². The summed E-state index contributed by atoms with van der Waals surface area (Å²) in [5.74, 6) is 2.02. The predicted molar refractivity (Wildman–Crippen MR) is 217 cm³/mol. The normalized spacial score (nSPS) is 19.3. The minimum Gasteiger partial charge on any atom is -0.497 e. The number of Topliss-reactive ketones (excluding diaryl/α,β-unsaturated/α-hetero) is 2. The van der Waals surface area contributed by atoms with E-state index in [0.717, 1.165) is 57.1 Å². The van der Waals surface area contributed by atoms with Crippen LogP contribution in [-0.2, 0) is 31.2 Å². The molecule has 54 heavy (non-hydrogen) atoms. The number of ether oxygens (including phenoxy) is 2. The molecular weight excluding hydrogens is 673 g/mol. The number of hydrogen-bond acceptors (Lipinski definition) is 4. The third-order valence-corrected chi connectivity index (χ3v) is 10.9. The zero-order valence-electron chi connectivity index (χ0n) is 33.9. The van der Waals surface area contributed by atoms with E-state index < -0.39 is 10.8 Å². The van der Waals surface area contributed by atoms with Gasteiger partial charge in [0.15, 0.2) is 0 Å². The van der Waals surface area contributed by atoms with Gasteiger partial charge in [-0.15, -0.1) is 0 Å². The van der Waals surface area contributed by atoms with Crippen molar-refractivity contribution in [1.82, 2.24) is 19.9 Å². The largest absolute Gasteiger partial charge is 0.497 e. The van der Waals surface area contributed by atoms with Crippen molar-refractivity contribution in [3.63, 3.8) is 0 Å². The number of methoxy groups -OCH3 is 2. The lowest BCUT2D eigenvalue weighted by molar-refractivity contribution is -0.115. The Morgan fingerprint density at radius 3 is 0.796 bits per heavy atom. The standard InChI is InChI=1S/C40H44N4O2.2C3H6O/c1-37(2)29-17-21-33(41-29)39(5,25-9-13-27(45-7)14-10-25)35-23-19-31(43-35)38(3,4)32-20-24-36(44-32)40(6,34-22-18-30(37)42-34)26-11-15-28(46-8)16-12-26;2*1-3(2)4/h9-24,41-44H,1-8H3;2*1-2H3. The van der Waals surface area contributed by atoms with E-state index in [4.69, 9.17) is 9.47 Å². The number of ketones is 2. The Kier molecular flexibility index (Phi) is 11.1. The van der Waals surface area contributed by atoms with E-state index in [-0.39, 0.29) is 22.4 Å². The number of nitrogens with one attached hydrogen (secondary N) is 4. The van der Waals surface area contributed by atoms with Crippen molar-refractivity contribution >= 4 is 11.6 Å². The second-order valence-corrected chi connectivity index (χ2v) is 15.9. The Labute approximate surface area is 320 Å². The van der Waals surface area contributed by atoms with Gasteiger partial charge in [0, 0.05) is 56.4 Å². The number of hydrogen-bond donors (Lipinski definition) is 4. The third-order valence-electron chi connectivity index (χ3n) is 10.9. The molecule has 7 rings (SSSR count). The number of carbonyl (C=O) groups is 2. The number of carbonyl (C=O) groups excluding carboxylic acids is 2. The molecule has 6 aromatic rings. The fourth-order valence-electron chi connectivity index (χ4n) is 7.26. The van der Waals surface area contributed by atoms with E-state index in [1.807, 2.05) is 24.3 Å². The fraction of sp³-hybridized carbons (Fsp3) is 0.348. The minimum absolute atomic E-state index is 0.167. The van der Waals surface area contributed by atoms with Crippen molar-refractivity contribution in [3.05, 3.63) is 154 Å². The molecule has 0 atom stereocenters. The first kappa shape index (κ1) is 39.7. The van der Waals surface area contributed by atoms with Gasteiger partial charge in [0.2, 0.25) is 0 Å². The van der Waals surface area contributed by atoms with Crippen molar-refractivity contribution in [3.8, 4) is 11.5 Å². The van der Waals surface area contributed by atoms with E-state index in [1.54, 1.807) is 14.2 Å². The molecule has 4 aromatic heterocycles. The molecule has 0 spiro atoms. The summed E-state index contributed by atoms with van der Waals surface area (Å²) in [6.07, 6.45) is 0. The van der Waals surface area contributed by atoms with E-state index in [2.05, 4.69) is 134 Å². The molecule has 0 radical (unpaired) electrons. The third kappa shape index (κ3) is 7.34. The second-order valence-electron chi connectivity index (χ2n) is 15.9. The first-order valence-corrected chi connectivity index (χ1v) is 18.4. The Balaban J connectivity index is 0.000000640. The number of aromatic amines is 4. The first-order chi connectivity index (χ1) is 25.4. The molecule has 1 aliphatic heterocycles. The smallest absolute Gasteiger partial charge is 0.126 e. The molecule has 2 aromatic carbocycles. The van der Waals surface area contributed by atoms with Crippen LogP contribution in [-0.4, -0.2) is 45.7 Å². The maximum Gasteiger partial charge on any atom is 0.126 e. The van der Waals surface area contributed by atoms with E-state index in [9.17, 15) is 9.59 Å². The molecule has 0 aliphatic carbocycles. The van der Waals surface area contributed by atoms with Crippen LogP contribution in [0.25, 0.3) is 0 Å². The Morgan fingerprint density at radius 1 is 0.389 bits per heavy atom. The van der Waals surface area contributed by atoms with Crippen molar-refractivity contribution in [1.29, 1.82) is 0 Å². The van der Waals surface area contributed by atoms with Gasteiger partial charge < -0.3 is 39.0 Å². The summed E-state index contributed by atoms with van der Waals surface area (Å²) in [5, 5.41) is 0. The topological polar surface area (TPSA) is 116 Å². The maximum absolute atomic E-state index is 9.44. The molecule has 0 saturated heterocycles. The monoisotopic (exact) mass is 728 g/mol. The van der Waals surface area contributed by atoms with Crippen molar-refractivity contribution in [2.75, 3.05) is 14.2 Å².